The maximum Gasteiger partial charge on any atom is 0.262 e. The van der Waals surface area contributed by atoms with Crippen LogP contribution in [-0.4, -0.2) is 11.0 Å². The Hall–Kier alpha value is -2.38. The van der Waals surface area contributed by atoms with Gasteiger partial charge in [0, 0.05) is 16.1 Å². The fraction of sp³-hybridized carbons (Fsp3) is 0.0588. The number of benzene rings is 2. The summed E-state index contributed by atoms with van der Waals surface area (Å²) in [5.74, 6) is 0.296. The number of ether oxygens (including phenoxy) is 1. The van der Waals surface area contributed by atoms with E-state index in [0.717, 1.165) is 15.6 Å². The van der Waals surface area contributed by atoms with E-state index in [4.69, 9.17) is 10.5 Å². The van der Waals surface area contributed by atoms with Gasteiger partial charge in [-0.2, -0.15) is 0 Å². The Bertz CT molecular complexity index is 751. The molecular weight excluding hydrogens is 390 g/mol. The van der Waals surface area contributed by atoms with Gasteiger partial charge in [-0.3, -0.25) is 15.6 Å². The monoisotopic (exact) mass is 405 g/mol. The smallest absolute Gasteiger partial charge is 0.262 e. The van der Waals surface area contributed by atoms with Gasteiger partial charge in [-0.25, -0.2) is 0 Å². The molecule has 0 aliphatic heterocycles. The first-order valence-electron chi connectivity index (χ1n) is 7.04. The normalized spacial score (nSPS) is 10.4. The van der Waals surface area contributed by atoms with Gasteiger partial charge in [0.05, 0.1) is 0 Å². The molecule has 7 heteroatoms. The molecule has 0 spiro atoms. The number of hydrogen-bond donors (Lipinski definition) is 3. The number of hydrogen-bond acceptors (Lipinski definition) is 3. The molecule has 0 aliphatic rings. The van der Waals surface area contributed by atoms with Gasteiger partial charge >= 0.3 is 0 Å². The number of thiocarbonyl (C=S) groups is 1. The molecular formula is C17H16BrN3O2S. The van der Waals surface area contributed by atoms with Crippen molar-refractivity contribution in [1.29, 1.82) is 0 Å². The molecule has 4 N–H and O–H groups in total. The number of carbonyl (C=O) groups excluding carboxylic acids is 1. The predicted octanol–water partition coefficient (Wildman–Crippen LogP) is 2.91. The molecule has 5 nitrogen and oxygen atoms in total. The van der Waals surface area contributed by atoms with E-state index in [0.29, 0.717) is 12.4 Å². The zero-order chi connectivity index (χ0) is 17.4. The second-order valence-electron chi connectivity index (χ2n) is 4.77. The van der Waals surface area contributed by atoms with Crippen molar-refractivity contribution in [3.63, 3.8) is 0 Å². The lowest BCUT2D eigenvalue weighted by atomic mass is 10.2. The van der Waals surface area contributed by atoms with Crippen LogP contribution in [0.3, 0.4) is 0 Å². The van der Waals surface area contributed by atoms with E-state index >= 15 is 0 Å². The average Bonchev–Trinajstić information content (AvgIpc) is 2.58. The number of hydrazine groups is 1. The molecule has 0 radical (unpaired) electrons. The van der Waals surface area contributed by atoms with Crippen LogP contribution in [0, 0.1) is 0 Å². The van der Waals surface area contributed by atoms with Crippen LogP contribution in [0.2, 0.25) is 0 Å². The van der Waals surface area contributed by atoms with E-state index < -0.39 is 0 Å². The Labute approximate surface area is 154 Å². The molecule has 24 heavy (non-hydrogen) atoms. The van der Waals surface area contributed by atoms with Crippen LogP contribution in [0.1, 0.15) is 11.1 Å². The van der Waals surface area contributed by atoms with Crippen LogP contribution in [0.15, 0.2) is 59.1 Å². The van der Waals surface area contributed by atoms with Crippen molar-refractivity contribution in [2.75, 3.05) is 0 Å². The Morgan fingerprint density at radius 1 is 1.21 bits per heavy atom. The number of amides is 1. The highest BCUT2D eigenvalue weighted by Crippen LogP contribution is 2.25. The molecule has 0 unspecified atom stereocenters. The molecule has 0 aliphatic carbocycles. The average molecular weight is 406 g/mol. The molecule has 2 aromatic carbocycles. The van der Waals surface area contributed by atoms with Gasteiger partial charge < -0.3 is 10.5 Å². The molecule has 0 saturated heterocycles. The third-order valence-corrected chi connectivity index (χ3v) is 3.53. The summed E-state index contributed by atoms with van der Waals surface area (Å²) in [6, 6.07) is 15.4. The molecule has 2 rings (SSSR count). The summed E-state index contributed by atoms with van der Waals surface area (Å²) >= 11 is 8.03. The Morgan fingerprint density at radius 3 is 2.67 bits per heavy atom. The highest BCUT2D eigenvalue weighted by Gasteiger charge is 2.04. The van der Waals surface area contributed by atoms with E-state index in [9.17, 15) is 4.79 Å². The zero-order valence-corrected chi connectivity index (χ0v) is 15.1. The largest absolute Gasteiger partial charge is 0.488 e. The predicted molar refractivity (Wildman–Crippen MR) is 102 cm³/mol. The highest BCUT2D eigenvalue weighted by atomic mass is 79.9. The van der Waals surface area contributed by atoms with Crippen molar-refractivity contribution in [2.24, 2.45) is 5.73 Å². The first-order chi connectivity index (χ1) is 11.5. The van der Waals surface area contributed by atoms with Crippen molar-refractivity contribution in [3.8, 4) is 5.75 Å². The number of nitrogens with two attached hydrogens (primary N) is 1. The highest BCUT2D eigenvalue weighted by molar-refractivity contribution is 9.10. The summed E-state index contributed by atoms with van der Waals surface area (Å²) < 4.78 is 6.73. The maximum atomic E-state index is 11.7. The third kappa shape index (κ3) is 6.02. The summed E-state index contributed by atoms with van der Waals surface area (Å²) in [4.78, 5) is 11.7. The Balaban J connectivity index is 2.06. The maximum absolute atomic E-state index is 11.7. The SMILES string of the molecule is NC(=S)NNC(=O)/C=C/c1cc(Br)ccc1OCc1ccccc1. The summed E-state index contributed by atoms with van der Waals surface area (Å²) in [5, 5.41) is -0.00825. The molecule has 0 aromatic heterocycles. The Kier molecular flexibility index (Phi) is 6.77. The van der Waals surface area contributed by atoms with Gasteiger partial charge in [-0.15, -0.1) is 0 Å². The fourth-order valence-electron chi connectivity index (χ4n) is 1.85. The van der Waals surface area contributed by atoms with Crippen molar-refractivity contribution in [3.05, 3.63) is 70.2 Å². The lowest BCUT2D eigenvalue weighted by Gasteiger charge is -2.10. The summed E-state index contributed by atoms with van der Waals surface area (Å²) in [7, 11) is 0. The van der Waals surface area contributed by atoms with E-state index in [1.807, 2.05) is 48.5 Å². The van der Waals surface area contributed by atoms with E-state index in [1.165, 1.54) is 6.08 Å². The molecule has 0 fully saturated rings. The second-order valence-corrected chi connectivity index (χ2v) is 6.12. The zero-order valence-electron chi connectivity index (χ0n) is 12.7. The van der Waals surface area contributed by atoms with Crippen molar-refractivity contribution in [2.45, 2.75) is 6.61 Å². The Morgan fingerprint density at radius 2 is 1.96 bits per heavy atom. The van der Waals surface area contributed by atoms with Gasteiger partial charge in [-0.05, 0) is 42.1 Å². The second kappa shape index (κ2) is 9.05. The minimum Gasteiger partial charge on any atom is -0.488 e. The quantitative estimate of drug-likeness (QED) is 0.405. The molecule has 2 aromatic rings. The lowest BCUT2D eigenvalue weighted by Crippen LogP contribution is -2.43. The van der Waals surface area contributed by atoms with Gasteiger partial charge in [-0.1, -0.05) is 46.3 Å². The lowest BCUT2D eigenvalue weighted by molar-refractivity contribution is -0.116. The van der Waals surface area contributed by atoms with Crippen molar-refractivity contribution in [1.82, 2.24) is 10.9 Å². The van der Waals surface area contributed by atoms with E-state index in [1.54, 1.807) is 6.08 Å². The topological polar surface area (TPSA) is 76.4 Å². The van der Waals surface area contributed by atoms with Crippen LogP contribution in [0.25, 0.3) is 6.08 Å². The van der Waals surface area contributed by atoms with E-state index in [2.05, 4.69) is 39.0 Å². The minimum absolute atomic E-state index is 0.00825. The van der Waals surface area contributed by atoms with Gasteiger partial charge in [0.1, 0.15) is 12.4 Å². The van der Waals surface area contributed by atoms with Crippen molar-refractivity contribution >= 4 is 45.2 Å². The van der Waals surface area contributed by atoms with Crippen LogP contribution >= 0.6 is 28.1 Å². The van der Waals surface area contributed by atoms with Crippen LogP contribution < -0.4 is 21.3 Å². The number of halogens is 1. The van der Waals surface area contributed by atoms with Gasteiger partial charge in [0.25, 0.3) is 5.91 Å². The number of carbonyl (C=O) groups is 1. The molecule has 0 atom stereocenters. The summed E-state index contributed by atoms with van der Waals surface area (Å²) in [5.41, 5.74) is 11.8. The molecule has 1 amide bonds. The molecule has 0 bridgehead atoms. The van der Waals surface area contributed by atoms with Crippen LogP contribution in [0.5, 0.6) is 5.75 Å². The molecule has 0 heterocycles. The number of rotatable bonds is 5. The fourth-order valence-corrected chi connectivity index (χ4v) is 2.28. The van der Waals surface area contributed by atoms with Crippen LogP contribution in [0.4, 0.5) is 0 Å². The van der Waals surface area contributed by atoms with Crippen molar-refractivity contribution < 1.29 is 9.53 Å². The molecule has 124 valence electrons. The first kappa shape index (κ1) is 18.0. The van der Waals surface area contributed by atoms with E-state index in [-0.39, 0.29) is 11.0 Å². The molecule has 0 saturated carbocycles. The van der Waals surface area contributed by atoms with Gasteiger partial charge in [0.2, 0.25) is 0 Å². The van der Waals surface area contributed by atoms with Gasteiger partial charge in [0.15, 0.2) is 5.11 Å². The number of nitrogens with one attached hydrogen (secondary N) is 2. The first-order valence-corrected chi connectivity index (χ1v) is 8.24. The standard InChI is InChI=1S/C17H16BrN3O2S/c18-14-7-8-15(23-11-12-4-2-1-3-5-12)13(10-14)6-9-16(22)20-21-17(19)24/h1-10H,11H2,(H,20,22)(H3,19,21,24)/b9-6+. The summed E-state index contributed by atoms with van der Waals surface area (Å²) in [6.07, 6.45) is 3.02. The minimum atomic E-state index is -0.378. The van der Waals surface area contributed by atoms with Crippen LogP contribution in [-0.2, 0) is 11.4 Å². The summed E-state index contributed by atoms with van der Waals surface area (Å²) in [6.45, 7) is 0.443. The third-order valence-electron chi connectivity index (χ3n) is 2.93.